The standard InChI is InChI=1S/C14H12O6/c1-6-5-14(12(17)11(6)16)8-3-7(19-2)4-9(15)10(8)13(18)20-14/h3-5,12,15,17H,1-2H3/t12-,14+/m1/s1. The fourth-order valence-corrected chi connectivity index (χ4v) is 2.69. The van der Waals surface area contributed by atoms with Gasteiger partial charge in [-0.05, 0) is 24.6 Å². The number of methoxy groups -OCH3 is 1. The van der Waals surface area contributed by atoms with Gasteiger partial charge in [-0.25, -0.2) is 4.79 Å². The van der Waals surface area contributed by atoms with Crippen molar-refractivity contribution < 1.29 is 29.3 Å². The molecule has 0 amide bonds. The summed E-state index contributed by atoms with van der Waals surface area (Å²) in [4.78, 5) is 23.8. The predicted molar refractivity (Wildman–Crippen MR) is 66.5 cm³/mol. The van der Waals surface area contributed by atoms with E-state index >= 15 is 0 Å². The molecule has 1 aliphatic heterocycles. The molecule has 0 fully saturated rings. The molecule has 0 saturated heterocycles. The van der Waals surface area contributed by atoms with Gasteiger partial charge in [0.15, 0.2) is 17.5 Å². The molecule has 0 unspecified atom stereocenters. The van der Waals surface area contributed by atoms with Gasteiger partial charge in [0.2, 0.25) is 0 Å². The van der Waals surface area contributed by atoms with E-state index in [-0.39, 0.29) is 16.9 Å². The highest BCUT2D eigenvalue weighted by atomic mass is 16.6. The highest BCUT2D eigenvalue weighted by Crippen LogP contribution is 2.49. The maximum Gasteiger partial charge on any atom is 0.343 e. The van der Waals surface area contributed by atoms with E-state index in [1.807, 2.05) is 0 Å². The van der Waals surface area contributed by atoms with Crippen LogP contribution in [0.5, 0.6) is 11.5 Å². The molecule has 1 aliphatic carbocycles. The fourth-order valence-electron chi connectivity index (χ4n) is 2.69. The maximum absolute atomic E-state index is 11.9. The van der Waals surface area contributed by atoms with Crippen LogP contribution in [0.4, 0.5) is 0 Å². The van der Waals surface area contributed by atoms with Gasteiger partial charge in [0.05, 0.1) is 7.11 Å². The third-order valence-corrected chi connectivity index (χ3v) is 3.69. The largest absolute Gasteiger partial charge is 0.507 e. The van der Waals surface area contributed by atoms with Crippen molar-refractivity contribution >= 4 is 11.8 Å². The summed E-state index contributed by atoms with van der Waals surface area (Å²) in [6.07, 6.45) is -0.109. The maximum atomic E-state index is 11.9. The van der Waals surface area contributed by atoms with Gasteiger partial charge in [0.25, 0.3) is 0 Å². The number of aromatic hydroxyl groups is 1. The Morgan fingerprint density at radius 2 is 2.05 bits per heavy atom. The Bertz CT molecular complexity index is 674. The second-order valence-electron chi connectivity index (χ2n) is 4.85. The number of rotatable bonds is 1. The van der Waals surface area contributed by atoms with Crippen molar-refractivity contribution in [3.8, 4) is 11.5 Å². The number of carbonyl (C=O) groups excluding carboxylic acids is 2. The van der Waals surface area contributed by atoms with Gasteiger partial charge >= 0.3 is 5.97 Å². The smallest absolute Gasteiger partial charge is 0.343 e. The molecule has 104 valence electrons. The van der Waals surface area contributed by atoms with Gasteiger partial charge in [-0.2, -0.15) is 0 Å². The first-order valence-electron chi connectivity index (χ1n) is 5.97. The monoisotopic (exact) mass is 276 g/mol. The molecule has 1 heterocycles. The molecule has 20 heavy (non-hydrogen) atoms. The number of ether oxygens (including phenoxy) is 2. The van der Waals surface area contributed by atoms with E-state index in [2.05, 4.69) is 0 Å². The first-order chi connectivity index (χ1) is 9.40. The van der Waals surface area contributed by atoms with E-state index in [4.69, 9.17) is 9.47 Å². The molecule has 2 aliphatic rings. The third kappa shape index (κ3) is 1.36. The Balaban J connectivity index is 2.29. The molecule has 1 aromatic carbocycles. The first-order valence-corrected chi connectivity index (χ1v) is 5.97. The number of aliphatic hydroxyl groups is 1. The minimum atomic E-state index is -1.57. The number of benzene rings is 1. The Labute approximate surface area is 114 Å². The van der Waals surface area contributed by atoms with E-state index in [0.29, 0.717) is 11.3 Å². The third-order valence-electron chi connectivity index (χ3n) is 3.69. The van der Waals surface area contributed by atoms with Crippen LogP contribution in [0.2, 0.25) is 0 Å². The molecular weight excluding hydrogens is 264 g/mol. The van der Waals surface area contributed by atoms with Crippen LogP contribution in [-0.4, -0.2) is 35.2 Å². The average molecular weight is 276 g/mol. The van der Waals surface area contributed by atoms with Crippen LogP contribution >= 0.6 is 0 Å². The lowest BCUT2D eigenvalue weighted by molar-refractivity contribution is -0.131. The molecule has 2 N–H and O–H groups in total. The van der Waals surface area contributed by atoms with Crippen molar-refractivity contribution in [2.24, 2.45) is 0 Å². The number of hydrogen-bond acceptors (Lipinski definition) is 6. The minimum absolute atomic E-state index is 0.0522. The van der Waals surface area contributed by atoms with Gasteiger partial charge < -0.3 is 19.7 Å². The lowest BCUT2D eigenvalue weighted by Crippen LogP contribution is -2.38. The summed E-state index contributed by atoms with van der Waals surface area (Å²) >= 11 is 0. The molecule has 0 radical (unpaired) electrons. The molecule has 0 bridgehead atoms. The lowest BCUT2D eigenvalue weighted by atomic mass is 9.89. The summed E-state index contributed by atoms with van der Waals surface area (Å²) in [6, 6.07) is 2.75. The van der Waals surface area contributed by atoms with Crippen LogP contribution in [0.25, 0.3) is 0 Å². The van der Waals surface area contributed by atoms with E-state index in [9.17, 15) is 19.8 Å². The number of Topliss-reactive ketones (excluding diaryl/α,β-unsaturated/α-hetero) is 1. The molecule has 0 aromatic heterocycles. The Hall–Kier alpha value is -2.34. The first kappa shape index (κ1) is 12.7. The zero-order valence-electron chi connectivity index (χ0n) is 10.8. The molecule has 1 aromatic rings. The van der Waals surface area contributed by atoms with Crippen molar-refractivity contribution in [1.82, 2.24) is 0 Å². The van der Waals surface area contributed by atoms with Crippen molar-refractivity contribution in [2.45, 2.75) is 18.6 Å². The molecule has 3 rings (SSSR count). The summed E-state index contributed by atoms with van der Waals surface area (Å²) in [7, 11) is 1.41. The second kappa shape index (κ2) is 3.83. The average Bonchev–Trinajstić information content (AvgIpc) is 2.81. The van der Waals surface area contributed by atoms with Gasteiger partial charge in [0.1, 0.15) is 17.1 Å². The summed E-state index contributed by atoms with van der Waals surface area (Å²) < 4.78 is 10.2. The van der Waals surface area contributed by atoms with Gasteiger partial charge in [-0.3, -0.25) is 4.79 Å². The SMILES string of the molecule is COc1cc(O)c2c(c1)[C@]1(C=C(C)C(=O)[C@H]1O)OC2=O. The lowest BCUT2D eigenvalue weighted by Gasteiger charge is -2.25. The Kier molecular flexibility index (Phi) is 2.43. The van der Waals surface area contributed by atoms with Crippen LogP contribution in [0.1, 0.15) is 22.8 Å². The topological polar surface area (TPSA) is 93.1 Å². The van der Waals surface area contributed by atoms with Crippen LogP contribution < -0.4 is 4.74 Å². The summed E-state index contributed by atoms with van der Waals surface area (Å²) in [5.41, 5.74) is -1.08. The van der Waals surface area contributed by atoms with Gasteiger partial charge in [-0.15, -0.1) is 0 Å². The van der Waals surface area contributed by atoms with E-state index in [0.717, 1.165) is 0 Å². The quantitative estimate of drug-likeness (QED) is 0.732. The molecule has 6 nitrogen and oxygen atoms in total. The van der Waals surface area contributed by atoms with Crippen molar-refractivity contribution in [3.05, 3.63) is 34.9 Å². The number of aliphatic hydroxyl groups excluding tert-OH is 1. The normalized spacial score (nSPS) is 27.6. The molecule has 6 heteroatoms. The number of carbonyl (C=O) groups is 2. The zero-order valence-corrected chi connectivity index (χ0v) is 10.8. The number of ketones is 1. The van der Waals surface area contributed by atoms with E-state index in [1.165, 1.54) is 32.2 Å². The van der Waals surface area contributed by atoms with Crippen molar-refractivity contribution in [1.29, 1.82) is 0 Å². The number of phenolic OH excluding ortho intramolecular Hbond substituents is 1. The van der Waals surface area contributed by atoms with E-state index in [1.54, 1.807) is 0 Å². The van der Waals surface area contributed by atoms with Crippen molar-refractivity contribution in [3.63, 3.8) is 0 Å². The highest BCUT2D eigenvalue weighted by molar-refractivity contribution is 6.06. The van der Waals surface area contributed by atoms with Crippen LogP contribution in [0.3, 0.4) is 0 Å². The second-order valence-corrected chi connectivity index (χ2v) is 4.85. The van der Waals surface area contributed by atoms with Gasteiger partial charge in [-0.1, -0.05) is 0 Å². The fraction of sp³-hybridized carbons (Fsp3) is 0.286. The molecule has 0 saturated carbocycles. The summed E-state index contributed by atoms with van der Waals surface area (Å²) in [6.45, 7) is 1.53. The number of hydrogen-bond donors (Lipinski definition) is 2. The Morgan fingerprint density at radius 3 is 2.60 bits per heavy atom. The highest BCUT2D eigenvalue weighted by Gasteiger charge is 2.57. The summed E-state index contributed by atoms with van der Waals surface area (Å²) in [5, 5.41) is 20.0. The summed E-state index contributed by atoms with van der Waals surface area (Å²) in [5.74, 6) is -1.29. The number of fused-ring (bicyclic) bond motifs is 2. The van der Waals surface area contributed by atoms with Crippen molar-refractivity contribution in [2.75, 3.05) is 7.11 Å². The molecule has 2 atom stereocenters. The number of phenols is 1. The molecule has 1 spiro atoms. The Morgan fingerprint density at radius 1 is 1.35 bits per heavy atom. The minimum Gasteiger partial charge on any atom is -0.507 e. The van der Waals surface area contributed by atoms with Crippen LogP contribution in [0.15, 0.2) is 23.8 Å². The van der Waals surface area contributed by atoms with Crippen LogP contribution in [0, 0.1) is 0 Å². The predicted octanol–water partition coefficient (Wildman–Crippen LogP) is 0.656. The molecular formula is C14H12O6. The van der Waals surface area contributed by atoms with E-state index < -0.39 is 23.5 Å². The van der Waals surface area contributed by atoms with Crippen LogP contribution in [-0.2, 0) is 15.1 Å². The zero-order chi connectivity index (χ0) is 14.7. The van der Waals surface area contributed by atoms with Gasteiger partial charge in [0, 0.05) is 11.6 Å². The number of esters is 1.